The van der Waals surface area contributed by atoms with Crippen molar-refractivity contribution in [2.75, 3.05) is 13.2 Å². The lowest BCUT2D eigenvalue weighted by Gasteiger charge is -2.01. The van der Waals surface area contributed by atoms with Gasteiger partial charge in [-0.2, -0.15) is 0 Å². The molecule has 9 heteroatoms. The third-order valence-corrected chi connectivity index (χ3v) is 4.69. The van der Waals surface area contributed by atoms with E-state index in [4.69, 9.17) is 30.6 Å². The number of carboxylic acid groups (broad SMARTS) is 3. The predicted molar refractivity (Wildman–Crippen MR) is 143 cm³/mol. The number of unbranched alkanes of at least 4 members (excludes halogenated alkanes) is 3. The van der Waals surface area contributed by atoms with E-state index in [1.165, 1.54) is 0 Å². The zero-order valence-electron chi connectivity index (χ0n) is 23.6. The second-order valence-corrected chi connectivity index (χ2v) is 10.1. The van der Waals surface area contributed by atoms with E-state index < -0.39 is 24.0 Å². The summed E-state index contributed by atoms with van der Waals surface area (Å²) in [5.74, 6) is 0.0765. The molecule has 0 aromatic rings. The van der Waals surface area contributed by atoms with Crippen LogP contribution in [0.4, 0.5) is 0 Å². The summed E-state index contributed by atoms with van der Waals surface area (Å²) in [6, 6.07) is 0. The molecule has 0 amide bonds. The van der Waals surface area contributed by atoms with Crippen LogP contribution in [0.2, 0.25) is 0 Å². The fraction of sp³-hybridized carbons (Fsp3) is 0.889. The Kier molecular flexibility index (Phi) is 36.0. The topological polar surface area (TPSA) is 173 Å². The molecule has 0 saturated heterocycles. The monoisotopic (exact) mass is 524 g/mol. The second-order valence-electron chi connectivity index (χ2n) is 10.1. The van der Waals surface area contributed by atoms with Crippen molar-refractivity contribution >= 4 is 17.9 Å². The minimum Gasteiger partial charge on any atom is -0.481 e. The molecule has 0 aliphatic heterocycles. The highest BCUT2D eigenvalue weighted by atomic mass is 16.4. The first-order valence-electron chi connectivity index (χ1n) is 13.2. The van der Waals surface area contributed by atoms with E-state index in [9.17, 15) is 14.4 Å². The minimum atomic E-state index is -0.954. The van der Waals surface area contributed by atoms with Crippen LogP contribution in [0.3, 0.4) is 0 Å². The van der Waals surface area contributed by atoms with Gasteiger partial charge in [0.1, 0.15) is 6.10 Å². The van der Waals surface area contributed by atoms with Gasteiger partial charge in [0.05, 0.1) is 13.2 Å². The molecule has 0 aliphatic rings. The highest BCUT2D eigenvalue weighted by Gasteiger charge is 1.99. The molecular formula is C27H56O9. The molecule has 0 unspecified atom stereocenters. The number of hydrogen-bond donors (Lipinski definition) is 6. The molecule has 0 aromatic carbocycles. The number of carboxylic acids is 3. The largest absolute Gasteiger partial charge is 0.481 e. The van der Waals surface area contributed by atoms with E-state index in [2.05, 4.69) is 41.5 Å². The third-order valence-electron chi connectivity index (χ3n) is 4.69. The fourth-order valence-corrected chi connectivity index (χ4v) is 2.54. The molecule has 0 rings (SSSR count). The molecule has 0 radical (unpaired) electrons. The Hall–Kier alpha value is -1.71. The maximum atomic E-state index is 10.0. The predicted octanol–water partition coefficient (Wildman–Crippen LogP) is 5.19. The van der Waals surface area contributed by atoms with Crippen LogP contribution in [-0.4, -0.2) is 67.9 Å². The van der Waals surface area contributed by atoms with Gasteiger partial charge in [0.2, 0.25) is 0 Å². The molecule has 0 heterocycles. The highest BCUT2D eigenvalue weighted by molar-refractivity contribution is 5.67. The first-order valence-corrected chi connectivity index (χ1v) is 13.2. The molecule has 0 aliphatic carbocycles. The molecule has 0 fully saturated rings. The lowest BCUT2D eigenvalue weighted by Crippen LogP contribution is -2.15. The lowest BCUT2D eigenvalue weighted by atomic mass is 10.1. The number of aliphatic hydroxyl groups excluding tert-OH is 3. The van der Waals surface area contributed by atoms with Crippen LogP contribution in [0.1, 0.15) is 119 Å². The third kappa shape index (κ3) is 58.3. The van der Waals surface area contributed by atoms with Crippen LogP contribution in [-0.2, 0) is 14.4 Å². The van der Waals surface area contributed by atoms with Crippen molar-refractivity contribution in [2.45, 2.75) is 125 Å². The molecule has 0 aromatic heterocycles. The quantitative estimate of drug-likeness (QED) is 0.140. The molecule has 0 atom stereocenters. The van der Waals surface area contributed by atoms with Gasteiger partial charge in [0.25, 0.3) is 0 Å². The first-order chi connectivity index (χ1) is 16.7. The van der Waals surface area contributed by atoms with E-state index >= 15 is 0 Å². The summed E-state index contributed by atoms with van der Waals surface area (Å²) in [6.07, 6.45) is 9.08. The van der Waals surface area contributed by atoms with Crippen LogP contribution >= 0.6 is 0 Å². The van der Waals surface area contributed by atoms with Gasteiger partial charge in [-0.15, -0.1) is 0 Å². The standard InChI is InChI=1S/3C8H16O2.C3H8O3/c3*1-7(2)5-3-4-6-8(9)10;4-1-3(6)2-5/h3*7H,3-6H2,1-2H3,(H,9,10);3-6H,1-2H2. The van der Waals surface area contributed by atoms with Crippen LogP contribution in [0.5, 0.6) is 0 Å². The number of aliphatic hydroxyl groups is 3. The second kappa shape index (κ2) is 31.3. The average molecular weight is 525 g/mol. The van der Waals surface area contributed by atoms with E-state index in [1.54, 1.807) is 0 Å². The average Bonchev–Trinajstić information content (AvgIpc) is 2.77. The van der Waals surface area contributed by atoms with Crippen LogP contribution in [0.15, 0.2) is 0 Å². The Morgan fingerprint density at radius 3 is 0.833 bits per heavy atom. The van der Waals surface area contributed by atoms with Crippen molar-refractivity contribution in [2.24, 2.45) is 17.8 Å². The Labute approximate surface area is 218 Å². The highest BCUT2D eigenvalue weighted by Crippen LogP contribution is 2.08. The molecular weight excluding hydrogens is 468 g/mol. The molecule has 6 N–H and O–H groups in total. The number of aliphatic carboxylic acids is 3. The van der Waals surface area contributed by atoms with Crippen molar-refractivity contribution in [1.29, 1.82) is 0 Å². The van der Waals surface area contributed by atoms with Gasteiger partial charge in [0, 0.05) is 19.3 Å². The first kappa shape index (κ1) is 41.4. The number of carbonyl (C=O) groups is 3. The molecule has 0 saturated carbocycles. The summed E-state index contributed by atoms with van der Waals surface area (Å²) in [7, 11) is 0. The van der Waals surface area contributed by atoms with Crippen LogP contribution in [0.25, 0.3) is 0 Å². The van der Waals surface area contributed by atoms with Crippen LogP contribution < -0.4 is 0 Å². The fourth-order valence-electron chi connectivity index (χ4n) is 2.54. The van der Waals surface area contributed by atoms with Gasteiger partial charge in [-0.3, -0.25) is 14.4 Å². The zero-order valence-corrected chi connectivity index (χ0v) is 23.6. The van der Waals surface area contributed by atoms with E-state index in [0.29, 0.717) is 37.0 Å². The number of rotatable bonds is 17. The molecule has 9 nitrogen and oxygen atoms in total. The SMILES string of the molecule is CC(C)CCCCC(=O)O.CC(C)CCCCC(=O)O.CC(C)CCCCC(=O)O.OCC(O)CO. The van der Waals surface area contributed by atoms with Crippen molar-refractivity contribution in [3.8, 4) is 0 Å². The molecule has 0 spiro atoms. The maximum Gasteiger partial charge on any atom is 0.303 e. The van der Waals surface area contributed by atoms with Gasteiger partial charge in [0.15, 0.2) is 0 Å². The van der Waals surface area contributed by atoms with E-state index in [-0.39, 0.29) is 13.2 Å². The summed E-state index contributed by atoms with van der Waals surface area (Å²) in [5, 5.41) is 48.9. The summed E-state index contributed by atoms with van der Waals surface area (Å²) >= 11 is 0. The smallest absolute Gasteiger partial charge is 0.303 e. The van der Waals surface area contributed by atoms with Gasteiger partial charge in [-0.05, 0) is 37.0 Å². The zero-order chi connectivity index (χ0) is 28.9. The van der Waals surface area contributed by atoms with Gasteiger partial charge < -0.3 is 30.6 Å². The van der Waals surface area contributed by atoms with Gasteiger partial charge in [-0.25, -0.2) is 0 Å². The Morgan fingerprint density at radius 1 is 0.500 bits per heavy atom. The van der Waals surface area contributed by atoms with Crippen LogP contribution in [0, 0.1) is 17.8 Å². The summed E-state index contributed by atoms with van der Waals surface area (Å²) in [4.78, 5) is 30.1. The Balaban J connectivity index is -0.000000193. The van der Waals surface area contributed by atoms with E-state index in [0.717, 1.165) is 57.8 Å². The molecule has 218 valence electrons. The Morgan fingerprint density at radius 2 is 0.722 bits per heavy atom. The van der Waals surface area contributed by atoms with Crippen molar-refractivity contribution in [3.05, 3.63) is 0 Å². The number of hydrogen-bond acceptors (Lipinski definition) is 6. The minimum absolute atomic E-state index is 0.326. The summed E-state index contributed by atoms with van der Waals surface area (Å²) in [5.41, 5.74) is 0. The van der Waals surface area contributed by atoms with E-state index in [1.807, 2.05) is 0 Å². The lowest BCUT2D eigenvalue weighted by molar-refractivity contribution is -0.138. The van der Waals surface area contributed by atoms with Gasteiger partial charge in [-0.1, -0.05) is 80.1 Å². The summed E-state index contributed by atoms with van der Waals surface area (Å²) < 4.78 is 0. The maximum absolute atomic E-state index is 10.0. The van der Waals surface area contributed by atoms with Crippen molar-refractivity contribution in [3.63, 3.8) is 0 Å². The molecule has 36 heavy (non-hydrogen) atoms. The molecule has 0 bridgehead atoms. The normalized spacial score (nSPS) is 10.2. The summed E-state index contributed by atoms with van der Waals surface area (Å²) in [6.45, 7) is 12.2. The Bertz CT molecular complexity index is 426. The van der Waals surface area contributed by atoms with Gasteiger partial charge >= 0.3 is 17.9 Å². The van der Waals surface area contributed by atoms with Crippen molar-refractivity contribution < 1.29 is 45.0 Å². The van der Waals surface area contributed by atoms with Crippen molar-refractivity contribution in [1.82, 2.24) is 0 Å².